The number of nitrogens with one attached hydrogen (secondary N) is 2. The summed E-state index contributed by atoms with van der Waals surface area (Å²) in [6, 6.07) is 3.88. The number of nitrogens with zero attached hydrogens (tertiary/aromatic N) is 2. The lowest BCUT2D eigenvalue weighted by molar-refractivity contribution is -0.121. The minimum Gasteiger partial charge on any atom is -0.346 e. The maximum Gasteiger partial charge on any atom is 0.220 e. The van der Waals surface area contributed by atoms with Crippen LogP contribution in [0.4, 0.5) is 0 Å². The number of thiophene rings is 1. The van der Waals surface area contributed by atoms with E-state index in [1.165, 1.54) is 4.88 Å². The molecule has 0 spiro atoms. The van der Waals surface area contributed by atoms with Crippen molar-refractivity contribution in [2.24, 2.45) is 0 Å². The molecular formula is C12H16N4OS. The molecule has 0 bridgehead atoms. The van der Waals surface area contributed by atoms with Crippen molar-refractivity contribution in [3.05, 3.63) is 34.0 Å². The van der Waals surface area contributed by atoms with E-state index in [1.807, 2.05) is 31.4 Å². The molecule has 5 nitrogen and oxygen atoms in total. The summed E-state index contributed by atoms with van der Waals surface area (Å²) < 4.78 is 0. The van der Waals surface area contributed by atoms with Gasteiger partial charge < -0.3 is 5.32 Å². The van der Waals surface area contributed by atoms with E-state index >= 15 is 0 Å². The van der Waals surface area contributed by atoms with Gasteiger partial charge in [0.15, 0.2) is 5.82 Å². The topological polar surface area (TPSA) is 70.7 Å². The van der Waals surface area contributed by atoms with E-state index in [0.29, 0.717) is 12.2 Å². The van der Waals surface area contributed by atoms with Crippen molar-refractivity contribution in [2.75, 3.05) is 0 Å². The van der Waals surface area contributed by atoms with Gasteiger partial charge in [0.1, 0.15) is 5.82 Å². The summed E-state index contributed by atoms with van der Waals surface area (Å²) in [6.07, 6.45) is 1.28. The highest BCUT2D eigenvalue weighted by Crippen LogP contribution is 2.11. The first kappa shape index (κ1) is 12.8. The van der Waals surface area contributed by atoms with E-state index in [9.17, 15) is 4.79 Å². The Morgan fingerprint density at radius 3 is 3.06 bits per heavy atom. The van der Waals surface area contributed by atoms with Gasteiger partial charge in [0.05, 0.1) is 6.04 Å². The summed E-state index contributed by atoms with van der Waals surface area (Å²) in [7, 11) is 0. The summed E-state index contributed by atoms with van der Waals surface area (Å²) in [5.41, 5.74) is 0. The average Bonchev–Trinajstić information content (AvgIpc) is 2.97. The van der Waals surface area contributed by atoms with Crippen molar-refractivity contribution in [2.45, 2.75) is 32.7 Å². The highest BCUT2D eigenvalue weighted by molar-refractivity contribution is 7.09. The first-order chi connectivity index (χ1) is 8.65. The third-order valence-corrected chi connectivity index (χ3v) is 3.49. The predicted octanol–water partition coefficient (Wildman–Crippen LogP) is 1.98. The van der Waals surface area contributed by atoms with Crippen LogP contribution < -0.4 is 5.32 Å². The quantitative estimate of drug-likeness (QED) is 0.867. The molecule has 18 heavy (non-hydrogen) atoms. The van der Waals surface area contributed by atoms with Gasteiger partial charge in [-0.3, -0.25) is 9.89 Å². The highest BCUT2D eigenvalue weighted by Gasteiger charge is 2.13. The van der Waals surface area contributed by atoms with Crippen molar-refractivity contribution < 1.29 is 4.79 Å². The average molecular weight is 264 g/mol. The number of aromatic amines is 1. The molecule has 0 saturated heterocycles. The van der Waals surface area contributed by atoms with Crippen LogP contribution in [0.2, 0.25) is 0 Å². The Morgan fingerprint density at radius 1 is 1.61 bits per heavy atom. The number of aryl methyl sites for hydroxylation is 2. The standard InChI is InChI=1S/C12H16N4OS/c1-8(12-14-9(2)15-16-12)13-11(17)6-5-10-4-3-7-18-10/h3-4,7-8H,5-6H2,1-2H3,(H,13,17)(H,14,15,16). The molecule has 0 radical (unpaired) electrons. The molecule has 0 aromatic carbocycles. The molecule has 2 heterocycles. The zero-order valence-electron chi connectivity index (χ0n) is 10.4. The highest BCUT2D eigenvalue weighted by atomic mass is 32.1. The number of amides is 1. The lowest BCUT2D eigenvalue weighted by atomic mass is 10.2. The lowest BCUT2D eigenvalue weighted by Gasteiger charge is -2.09. The summed E-state index contributed by atoms with van der Waals surface area (Å²) in [6.45, 7) is 3.72. The molecule has 2 rings (SSSR count). The maximum atomic E-state index is 11.8. The number of aromatic nitrogens is 3. The molecule has 0 aliphatic carbocycles. The molecule has 1 amide bonds. The van der Waals surface area contributed by atoms with Gasteiger partial charge in [-0.05, 0) is 31.7 Å². The van der Waals surface area contributed by atoms with Crippen molar-refractivity contribution >= 4 is 17.2 Å². The third-order valence-electron chi connectivity index (χ3n) is 2.56. The fraction of sp³-hybridized carbons (Fsp3) is 0.417. The van der Waals surface area contributed by atoms with E-state index in [-0.39, 0.29) is 11.9 Å². The van der Waals surface area contributed by atoms with Crippen LogP contribution in [0, 0.1) is 6.92 Å². The number of carbonyl (C=O) groups excluding carboxylic acids is 1. The maximum absolute atomic E-state index is 11.8. The van der Waals surface area contributed by atoms with E-state index in [0.717, 1.165) is 12.2 Å². The van der Waals surface area contributed by atoms with Crippen LogP contribution in [-0.2, 0) is 11.2 Å². The number of hydrogen-bond acceptors (Lipinski definition) is 4. The largest absolute Gasteiger partial charge is 0.346 e. The Balaban J connectivity index is 1.80. The number of carbonyl (C=O) groups is 1. The predicted molar refractivity (Wildman–Crippen MR) is 70.3 cm³/mol. The lowest BCUT2D eigenvalue weighted by Crippen LogP contribution is -2.27. The molecule has 0 aliphatic heterocycles. The molecule has 2 aromatic rings. The Kier molecular flexibility index (Phi) is 4.09. The Hall–Kier alpha value is -1.69. The van der Waals surface area contributed by atoms with Gasteiger partial charge in [0.25, 0.3) is 0 Å². The van der Waals surface area contributed by atoms with Gasteiger partial charge in [0, 0.05) is 11.3 Å². The molecular weight excluding hydrogens is 248 g/mol. The zero-order chi connectivity index (χ0) is 13.0. The second-order valence-electron chi connectivity index (χ2n) is 4.15. The van der Waals surface area contributed by atoms with E-state index < -0.39 is 0 Å². The van der Waals surface area contributed by atoms with Crippen molar-refractivity contribution in [1.82, 2.24) is 20.5 Å². The minimum atomic E-state index is -0.161. The second kappa shape index (κ2) is 5.77. The minimum absolute atomic E-state index is 0.0263. The smallest absolute Gasteiger partial charge is 0.220 e. The molecule has 2 aromatic heterocycles. The molecule has 0 saturated carbocycles. The van der Waals surface area contributed by atoms with Crippen LogP contribution >= 0.6 is 11.3 Å². The number of H-pyrrole nitrogens is 1. The fourth-order valence-electron chi connectivity index (χ4n) is 1.62. The number of hydrogen-bond donors (Lipinski definition) is 2. The van der Waals surface area contributed by atoms with Crippen LogP contribution in [-0.4, -0.2) is 21.1 Å². The number of rotatable bonds is 5. The molecule has 1 unspecified atom stereocenters. The summed E-state index contributed by atoms with van der Waals surface area (Å²) in [5, 5.41) is 11.7. The summed E-state index contributed by atoms with van der Waals surface area (Å²) >= 11 is 1.67. The Labute approximate surface area is 110 Å². The van der Waals surface area contributed by atoms with Gasteiger partial charge >= 0.3 is 0 Å². The molecule has 2 N–H and O–H groups in total. The van der Waals surface area contributed by atoms with E-state index in [1.54, 1.807) is 11.3 Å². The molecule has 1 atom stereocenters. The molecule has 6 heteroatoms. The molecule has 0 aliphatic rings. The fourth-order valence-corrected chi connectivity index (χ4v) is 2.33. The van der Waals surface area contributed by atoms with Gasteiger partial charge in [-0.2, -0.15) is 5.10 Å². The first-order valence-corrected chi connectivity index (χ1v) is 6.74. The summed E-state index contributed by atoms with van der Waals surface area (Å²) in [4.78, 5) is 17.2. The van der Waals surface area contributed by atoms with Crippen LogP contribution in [0.15, 0.2) is 17.5 Å². The van der Waals surface area contributed by atoms with Crippen molar-refractivity contribution in [1.29, 1.82) is 0 Å². The van der Waals surface area contributed by atoms with Gasteiger partial charge in [-0.1, -0.05) is 6.07 Å². The Bertz CT molecular complexity index is 506. The zero-order valence-corrected chi connectivity index (χ0v) is 11.3. The van der Waals surface area contributed by atoms with Gasteiger partial charge in [-0.25, -0.2) is 4.98 Å². The van der Waals surface area contributed by atoms with Gasteiger partial charge in [-0.15, -0.1) is 11.3 Å². The van der Waals surface area contributed by atoms with Crippen LogP contribution in [0.25, 0.3) is 0 Å². The van der Waals surface area contributed by atoms with Crippen LogP contribution in [0.1, 0.15) is 35.9 Å². The second-order valence-corrected chi connectivity index (χ2v) is 5.18. The normalized spacial score (nSPS) is 12.3. The SMILES string of the molecule is Cc1nc(C(C)NC(=O)CCc2cccs2)n[nH]1. The first-order valence-electron chi connectivity index (χ1n) is 5.86. The summed E-state index contributed by atoms with van der Waals surface area (Å²) in [5.74, 6) is 1.40. The monoisotopic (exact) mass is 264 g/mol. The molecule has 96 valence electrons. The molecule has 0 fully saturated rings. The Morgan fingerprint density at radius 2 is 2.44 bits per heavy atom. The van der Waals surface area contributed by atoms with Crippen molar-refractivity contribution in [3.8, 4) is 0 Å². The van der Waals surface area contributed by atoms with Crippen LogP contribution in [0.5, 0.6) is 0 Å². The van der Waals surface area contributed by atoms with E-state index in [2.05, 4.69) is 20.5 Å². The third kappa shape index (κ3) is 3.40. The van der Waals surface area contributed by atoms with Gasteiger partial charge in [0.2, 0.25) is 5.91 Å². The van der Waals surface area contributed by atoms with E-state index in [4.69, 9.17) is 0 Å². The van der Waals surface area contributed by atoms with Crippen LogP contribution in [0.3, 0.4) is 0 Å². The van der Waals surface area contributed by atoms with Crippen molar-refractivity contribution in [3.63, 3.8) is 0 Å².